The molecular formula is C6H13NO3S. The zero-order valence-electron chi connectivity index (χ0n) is 6.28. The van der Waals surface area contributed by atoms with Gasteiger partial charge in [0.25, 0.3) is 0 Å². The zero-order chi connectivity index (χ0) is 8.32. The normalized spacial score (nSPS) is 23.0. The van der Waals surface area contributed by atoms with E-state index in [1.54, 1.807) is 0 Å². The SMILES string of the molecule is O=S1(=O)CC(NCCCO)C1. The lowest BCUT2D eigenvalue weighted by molar-refractivity contribution is 0.284. The zero-order valence-corrected chi connectivity index (χ0v) is 7.10. The molecule has 66 valence electrons. The molecule has 0 aromatic carbocycles. The molecule has 5 heteroatoms. The molecule has 0 aliphatic carbocycles. The van der Waals surface area contributed by atoms with Gasteiger partial charge in [-0.25, -0.2) is 8.42 Å². The van der Waals surface area contributed by atoms with E-state index in [1.807, 2.05) is 0 Å². The summed E-state index contributed by atoms with van der Waals surface area (Å²) in [7, 11) is -2.69. The van der Waals surface area contributed by atoms with Crippen LogP contribution in [0.4, 0.5) is 0 Å². The predicted molar refractivity (Wildman–Crippen MR) is 42.1 cm³/mol. The molecule has 1 aliphatic rings. The van der Waals surface area contributed by atoms with Gasteiger partial charge in [-0.15, -0.1) is 0 Å². The van der Waals surface area contributed by atoms with Gasteiger partial charge in [-0.05, 0) is 13.0 Å². The van der Waals surface area contributed by atoms with E-state index in [0.29, 0.717) is 13.0 Å². The number of aliphatic hydroxyl groups excluding tert-OH is 1. The van der Waals surface area contributed by atoms with E-state index in [0.717, 1.165) is 0 Å². The van der Waals surface area contributed by atoms with Crippen LogP contribution < -0.4 is 5.32 Å². The first-order valence-corrected chi connectivity index (χ1v) is 5.51. The third-order valence-corrected chi connectivity index (χ3v) is 3.50. The van der Waals surface area contributed by atoms with Gasteiger partial charge in [-0.1, -0.05) is 0 Å². The summed E-state index contributed by atoms with van der Waals surface area (Å²) in [6.07, 6.45) is 0.691. The minimum absolute atomic E-state index is 0.131. The Kier molecular flexibility index (Phi) is 2.86. The van der Waals surface area contributed by atoms with Crippen LogP contribution in [0.2, 0.25) is 0 Å². The van der Waals surface area contributed by atoms with Gasteiger partial charge >= 0.3 is 0 Å². The maximum Gasteiger partial charge on any atom is 0.153 e. The molecule has 1 heterocycles. The van der Waals surface area contributed by atoms with Crippen LogP contribution in [0.3, 0.4) is 0 Å². The van der Waals surface area contributed by atoms with Crippen LogP contribution in [-0.4, -0.2) is 44.2 Å². The molecule has 1 saturated heterocycles. The number of aliphatic hydroxyl groups is 1. The van der Waals surface area contributed by atoms with Crippen LogP contribution in [-0.2, 0) is 9.84 Å². The first kappa shape index (κ1) is 8.96. The molecule has 0 amide bonds. The van der Waals surface area contributed by atoms with Crippen molar-refractivity contribution < 1.29 is 13.5 Å². The molecule has 1 aliphatic heterocycles. The quantitative estimate of drug-likeness (QED) is 0.529. The van der Waals surface area contributed by atoms with E-state index in [1.165, 1.54) is 0 Å². The van der Waals surface area contributed by atoms with Crippen LogP contribution in [0.1, 0.15) is 6.42 Å². The van der Waals surface area contributed by atoms with Gasteiger partial charge in [0.05, 0.1) is 11.5 Å². The Balaban J connectivity index is 2.05. The number of hydrogen-bond acceptors (Lipinski definition) is 4. The third-order valence-electron chi connectivity index (χ3n) is 1.68. The molecule has 11 heavy (non-hydrogen) atoms. The summed E-state index contributed by atoms with van der Waals surface area (Å²) >= 11 is 0. The summed E-state index contributed by atoms with van der Waals surface area (Å²) in [6, 6.07) is 0.131. The molecule has 2 N–H and O–H groups in total. The summed E-state index contributed by atoms with van der Waals surface area (Å²) in [5, 5.41) is 11.5. The van der Waals surface area contributed by atoms with Gasteiger partial charge in [-0.2, -0.15) is 0 Å². The molecule has 4 nitrogen and oxygen atoms in total. The van der Waals surface area contributed by atoms with Crippen LogP contribution in [0, 0.1) is 0 Å². The van der Waals surface area contributed by atoms with E-state index in [9.17, 15) is 8.42 Å². The second-order valence-electron chi connectivity index (χ2n) is 2.81. The maximum absolute atomic E-state index is 10.6. The topological polar surface area (TPSA) is 66.4 Å². The highest BCUT2D eigenvalue weighted by Gasteiger charge is 2.32. The lowest BCUT2D eigenvalue weighted by Crippen LogP contribution is -2.51. The van der Waals surface area contributed by atoms with Gasteiger partial charge in [0.15, 0.2) is 9.84 Å². The highest BCUT2D eigenvalue weighted by atomic mass is 32.2. The van der Waals surface area contributed by atoms with Crippen molar-refractivity contribution in [2.75, 3.05) is 24.7 Å². The van der Waals surface area contributed by atoms with Crippen molar-refractivity contribution in [2.24, 2.45) is 0 Å². The van der Waals surface area contributed by atoms with Crippen LogP contribution in [0.25, 0.3) is 0 Å². The molecule has 0 spiro atoms. The molecule has 0 unspecified atom stereocenters. The molecule has 0 aromatic rings. The van der Waals surface area contributed by atoms with Crippen molar-refractivity contribution >= 4 is 9.84 Å². The van der Waals surface area contributed by atoms with E-state index < -0.39 is 9.84 Å². The number of sulfone groups is 1. The average molecular weight is 179 g/mol. The van der Waals surface area contributed by atoms with Crippen LogP contribution in [0.5, 0.6) is 0 Å². The van der Waals surface area contributed by atoms with Gasteiger partial charge < -0.3 is 10.4 Å². The van der Waals surface area contributed by atoms with Crippen LogP contribution in [0.15, 0.2) is 0 Å². The minimum atomic E-state index is -2.69. The summed E-state index contributed by atoms with van der Waals surface area (Å²) < 4.78 is 21.3. The highest BCUT2D eigenvalue weighted by molar-refractivity contribution is 7.92. The highest BCUT2D eigenvalue weighted by Crippen LogP contribution is 2.09. The van der Waals surface area contributed by atoms with Crippen molar-refractivity contribution in [1.29, 1.82) is 0 Å². The minimum Gasteiger partial charge on any atom is -0.396 e. The summed E-state index contributed by atoms with van der Waals surface area (Å²) in [4.78, 5) is 0. The molecular weight excluding hydrogens is 166 g/mol. The van der Waals surface area contributed by atoms with Crippen molar-refractivity contribution in [2.45, 2.75) is 12.5 Å². The Hall–Kier alpha value is -0.130. The molecule has 0 aromatic heterocycles. The predicted octanol–water partition coefficient (Wildman–Crippen LogP) is -1.24. The average Bonchev–Trinajstić information content (AvgIpc) is 1.84. The Bertz CT molecular complexity index is 200. The van der Waals surface area contributed by atoms with E-state index >= 15 is 0 Å². The van der Waals surface area contributed by atoms with Crippen LogP contribution >= 0.6 is 0 Å². The molecule has 0 atom stereocenters. The Morgan fingerprint density at radius 2 is 2.09 bits per heavy atom. The lowest BCUT2D eigenvalue weighted by Gasteiger charge is -2.26. The number of rotatable bonds is 4. The smallest absolute Gasteiger partial charge is 0.153 e. The fourth-order valence-electron chi connectivity index (χ4n) is 1.07. The van der Waals surface area contributed by atoms with E-state index in [4.69, 9.17) is 5.11 Å². The molecule has 1 fully saturated rings. The number of hydrogen-bond donors (Lipinski definition) is 2. The fraction of sp³-hybridized carbons (Fsp3) is 1.00. The first-order valence-electron chi connectivity index (χ1n) is 3.69. The largest absolute Gasteiger partial charge is 0.396 e. The van der Waals surface area contributed by atoms with Gasteiger partial charge in [-0.3, -0.25) is 0 Å². The summed E-state index contributed by atoms with van der Waals surface area (Å²) in [5.74, 6) is 0.525. The van der Waals surface area contributed by atoms with Gasteiger partial charge in [0.1, 0.15) is 0 Å². The molecule has 0 radical (unpaired) electrons. The van der Waals surface area contributed by atoms with Crippen molar-refractivity contribution in [3.8, 4) is 0 Å². The Morgan fingerprint density at radius 1 is 1.45 bits per heavy atom. The molecule has 0 saturated carbocycles. The number of nitrogens with one attached hydrogen (secondary N) is 1. The van der Waals surface area contributed by atoms with E-state index in [2.05, 4.69) is 5.32 Å². The maximum atomic E-state index is 10.6. The second-order valence-corrected chi connectivity index (χ2v) is 4.96. The van der Waals surface area contributed by atoms with E-state index in [-0.39, 0.29) is 24.2 Å². The standard InChI is InChI=1S/C6H13NO3S/c8-3-1-2-7-6-4-11(9,10)5-6/h6-8H,1-5H2. The fourth-order valence-corrected chi connectivity index (χ4v) is 2.43. The van der Waals surface area contributed by atoms with Crippen molar-refractivity contribution in [3.63, 3.8) is 0 Å². The monoisotopic (exact) mass is 179 g/mol. The third kappa shape index (κ3) is 2.76. The second kappa shape index (κ2) is 3.51. The Labute approximate surface area is 66.5 Å². The molecule has 0 bridgehead atoms. The summed E-state index contributed by atoms with van der Waals surface area (Å²) in [6.45, 7) is 0.864. The van der Waals surface area contributed by atoms with Gasteiger partial charge in [0.2, 0.25) is 0 Å². The van der Waals surface area contributed by atoms with Crippen molar-refractivity contribution in [3.05, 3.63) is 0 Å². The lowest BCUT2D eigenvalue weighted by atomic mass is 10.3. The first-order chi connectivity index (χ1) is 5.14. The Morgan fingerprint density at radius 3 is 2.55 bits per heavy atom. The molecule has 1 rings (SSSR count). The summed E-state index contributed by atoms with van der Waals surface area (Å²) in [5.41, 5.74) is 0. The van der Waals surface area contributed by atoms with Gasteiger partial charge in [0, 0.05) is 12.6 Å². The van der Waals surface area contributed by atoms with Crippen molar-refractivity contribution in [1.82, 2.24) is 5.32 Å².